The van der Waals surface area contributed by atoms with E-state index in [4.69, 9.17) is 0 Å². The maximum Gasteiger partial charge on any atom is 0.217 e. The highest BCUT2D eigenvalue weighted by Crippen LogP contribution is 2.17. The maximum absolute atomic E-state index is 10.9. The predicted molar refractivity (Wildman–Crippen MR) is 50.2 cm³/mol. The fraction of sp³-hybridized carbons (Fsp3) is 0.200. The van der Waals surface area contributed by atoms with E-state index in [1.807, 2.05) is 19.9 Å². The number of hydrogen-bond acceptors (Lipinski definition) is 2. The number of hydrogen-bond donors (Lipinski definition) is 0. The van der Waals surface area contributed by atoms with Gasteiger partial charge in [0.15, 0.2) is 0 Å². The van der Waals surface area contributed by atoms with Crippen LogP contribution in [0.4, 0.5) is 0 Å². The van der Waals surface area contributed by atoms with Crippen molar-refractivity contribution in [3.8, 4) is 0 Å². The van der Waals surface area contributed by atoms with Crippen LogP contribution in [0.25, 0.3) is 10.8 Å². The highest BCUT2D eigenvalue weighted by Gasteiger charge is 2.02. The van der Waals surface area contributed by atoms with E-state index in [0.29, 0.717) is 4.85 Å². The molecule has 3 nitrogen and oxygen atoms in total. The number of nitrogens with zero attached hydrogens (tertiary/aromatic N) is 2. The Balaban J connectivity index is 2.87. The molecule has 0 aliphatic heterocycles. The van der Waals surface area contributed by atoms with Crippen LogP contribution in [-0.4, -0.2) is 5.10 Å². The molecular formula is C10H10N2O. The Bertz CT molecular complexity index is 466. The molecule has 3 heteroatoms. The molecule has 0 spiro atoms. The van der Waals surface area contributed by atoms with Crippen LogP contribution in [0.2, 0.25) is 0 Å². The van der Waals surface area contributed by atoms with Crippen LogP contribution in [0, 0.1) is 19.1 Å². The molecule has 0 aliphatic carbocycles. The summed E-state index contributed by atoms with van der Waals surface area (Å²) in [4.78, 5) is 0.588. The van der Waals surface area contributed by atoms with E-state index < -0.39 is 0 Å². The van der Waals surface area contributed by atoms with Crippen molar-refractivity contribution < 1.29 is 4.85 Å². The summed E-state index contributed by atoms with van der Waals surface area (Å²) in [6, 6.07) is 4.08. The molecule has 2 rings (SSSR count). The zero-order valence-electron chi connectivity index (χ0n) is 7.61. The van der Waals surface area contributed by atoms with E-state index in [1.54, 1.807) is 6.20 Å². The molecule has 13 heavy (non-hydrogen) atoms. The van der Waals surface area contributed by atoms with Gasteiger partial charge in [-0.2, -0.15) is 0 Å². The molecule has 0 radical (unpaired) electrons. The van der Waals surface area contributed by atoms with Gasteiger partial charge in [-0.3, -0.25) is 0 Å². The monoisotopic (exact) mass is 174 g/mol. The topological polar surface area (TPSA) is 39.8 Å². The minimum atomic E-state index is 0.588. The van der Waals surface area contributed by atoms with Gasteiger partial charge < -0.3 is 5.21 Å². The molecule has 1 aromatic heterocycles. The summed E-state index contributed by atoms with van der Waals surface area (Å²) in [5.41, 5.74) is 2.30. The van der Waals surface area contributed by atoms with Crippen molar-refractivity contribution in [2.24, 2.45) is 0 Å². The molecule has 0 N–H and O–H groups in total. The summed E-state index contributed by atoms with van der Waals surface area (Å²) in [5.74, 6) is 0. The van der Waals surface area contributed by atoms with Crippen molar-refractivity contribution in [3.63, 3.8) is 0 Å². The molecule has 0 unspecified atom stereocenters. The van der Waals surface area contributed by atoms with Gasteiger partial charge in [0.05, 0.1) is 5.39 Å². The molecule has 0 saturated heterocycles. The van der Waals surface area contributed by atoms with Crippen LogP contribution in [-0.2, 0) is 0 Å². The summed E-state index contributed by atoms with van der Waals surface area (Å²) in [6.07, 6.45) is 3.10. The molecule has 66 valence electrons. The van der Waals surface area contributed by atoms with E-state index in [9.17, 15) is 5.21 Å². The van der Waals surface area contributed by atoms with Crippen LogP contribution in [0.15, 0.2) is 24.5 Å². The molecule has 0 amide bonds. The van der Waals surface area contributed by atoms with Gasteiger partial charge in [0.2, 0.25) is 6.20 Å². The third-order valence-corrected chi connectivity index (χ3v) is 2.11. The Morgan fingerprint density at radius 1 is 1.31 bits per heavy atom. The lowest BCUT2D eigenvalue weighted by molar-refractivity contribution is -0.667. The van der Waals surface area contributed by atoms with Crippen molar-refractivity contribution >= 4 is 10.8 Å². The molecule has 0 bridgehead atoms. The van der Waals surface area contributed by atoms with Gasteiger partial charge in [0.1, 0.15) is 6.20 Å². The van der Waals surface area contributed by atoms with E-state index in [0.717, 1.165) is 16.3 Å². The third kappa shape index (κ3) is 1.33. The lowest BCUT2D eigenvalue weighted by Gasteiger charge is -2.01. The van der Waals surface area contributed by atoms with Gasteiger partial charge in [-0.05, 0) is 25.5 Å². The second-order valence-corrected chi connectivity index (χ2v) is 3.26. The first-order chi connectivity index (χ1) is 6.16. The van der Waals surface area contributed by atoms with E-state index in [1.165, 1.54) is 11.8 Å². The molecule has 2 aromatic rings. The van der Waals surface area contributed by atoms with Gasteiger partial charge in [-0.15, -0.1) is 0 Å². The number of aryl methyl sites for hydroxylation is 2. The van der Waals surface area contributed by atoms with Crippen molar-refractivity contribution in [1.29, 1.82) is 0 Å². The van der Waals surface area contributed by atoms with Gasteiger partial charge in [0, 0.05) is 10.5 Å². The predicted octanol–water partition coefficient (Wildman–Crippen LogP) is 1.49. The maximum atomic E-state index is 10.9. The van der Waals surface area contributed by atoms with Gasteiger partial charge in [-0.1, -0.05) is 16.5 Å². The van der Waals surface area contributed by atoms with Gasteiger partial charge in [-0.25, -0.2) is 0 Å². The van der Waals surface area contributed by atoms with Crippen LogP contribution in [0.5, 0.6) is 0 Å². The molecule has 0 saturated carbocycles. The molecule has 0 fully saturated rings. The van der Waals surface area contributed by atoms with E-state index >= 15 is 0 Å². The van der Waals surface area contributed by atoms with Crippen molar-refractivity contribution in [3.05, 3.63) is 40.9 Å². The molecule has 0 aliphatic rings. The summed E-state index contributed by atoms with van der Waals surface area (Å²) < 4.78 is 0. The van der Waals surface area contributed by atoms with Crippen molar-refractivity contribution in [2.45, 2.75) is 13.8 Å². The van der Waals surface area contributed by atoms with E-state index in [-0.39, 0.29) is 0 Å². The Morgan fingerprint density at radius 2 is 2.08 bits per heavy atom. The number of fused-ring (bicyclic) bond motifs is 1. The number of aromatic nitrogens is 2. The zero-order chi connectivity index (χ0) is 9.42. The molecule has 0 atom stereocenters. The standard InChI is InChI=1S/C10H10N2O/c1-7-3-8(2)10-6-12(13)11-5-9(10)4-7/h3-6H,1-2H3. The lowest BCUT2D eigenvalue weighted by Crippen LogP contribution is -2.29. The summed E-state index contributed by atoms with van der Waals surface area (Å²) in [6.45, 7) is 4.03. The van der Waals surface area contributed by atoms with Gasteiger partial charge in [0.25, 0.3) is 0 Å². The summed E-state index contributed by atoms with van der Waals surface area (Å²) in [5, 5.41) is 16.6. The van der Waals surface area contributed by atoms with Crippen molar-refractivity contribution in [1.82, 2.24) is 5.10 Å². The van der Waals surface area contributed by atoms with E-state index in [2.05, 4.69) is 11.2 Å². The molecule has 1 heterocycles. The van der Waals surface area contributed by atoms with Crippen LogP contribution in [0.1, 0.15) is 11.1 Å². The highest BCUT2D eigenvalue weighted by molar-refractivity contribution is 5.84. The Kier molecular flexibility index (Phi) is 1.65. The molecule has 1 aromatic carbocycles. The first-order valence-electron chi connectivity index (χ1n) is 4.13. The zero-order valence-corrected chi connectivity index (χ0v) is 7.61. The Morgan fingerprint density at radius 3 is 2.85 bits per heavy atom. The van der Waals surface area contributed by atoms with Crippen LogP contribution >= 0.6 is 0 Å². The number of benzene rings is 1. The smallest absolute Gasteiger partial charge is 0.217 e. The molecular weight excluding hydrogens is 164 g/mol. The Labute approximate surface area is 76.2 Å². The second kappa shape index (κ2) is 2.69. The first-order valence-corrected chi connectivity index (χ1v) is 4.13. The fourth-order valence-corrected chi connectivity index (χ4v) is 1.56. The SMILES string of the molecule is Cc1cc(C)c2c[n+]([O-])ncc2c1. The number of rotatable bonds is 0. The largest absolute Gasteiger partial charge is 0.594 e. The normalized spacial score (nSPS) is 10.6. The lowest BCUT2D eigenvalue weighted by atomic mass is 10.1. The van der Waals surface area contributed by atoms with Crippen molar-refractivity contribution in [2.75, 3.05) is 0 Å². The van der Waals surface area contributed by atoms with Crippen LogP contribution < -0.4 is 4.85 Å². The van der Waals surface area contributed by atoms with Gasteiger partial charge >= 0.3 is 0 Å². The Hall–Kier alpha value is -1.64. The highest BCUT2D eigenvalue weighted by atomic mass is 16.5. The summed E-state index contributed by atoms with van der Waals surface area (Å²) in [7, 11) is 0. The quantitative estimate of drug-likeness (QED) is 0.448. The first kappa shape index (κ1) is 7.98. The summed E-state index contributed by atoms with van der Waals surface area (Å²) >= 11 is 0. The average molecular weight is 174 g/mol. The minimum absolute atomic E-state index is 0.588. The second-order valence-electron chi connectivity index (χ2n) is 3.26. The van der Waals surface area contributed by atoms with Crippen LogP contribution in [0.3, 0.4) is 0 Å². The fourth-order valence-electron chi connectivity index (χ4n) is 1.56. The third-order valence-electron chi connectivity index (χ3n) is 2.11. The minimum Gasteiger partial charge on any atom is -0.594 e. The average Bonchev–Trinajstić information content (AvgIpc) is 2.06.